The summed E-state index contributed by atoms with van der Waals surface area (Å²) < 4.78 is 12.6. The van der Waals surface area contributed by atoms with Crippen molar-refractivity contribution in [3.05, 3.63) is 35.1 Å². The summed E-state index contributed by atoms with van der Waals surface area (Å²) in [6.45, 7) is 4.08. The van der Waals surface area contributed by atoms with E-state index >= 15 is 0 Å². The van der Waals surface area contributed by atoms with Crippen molar-refractivity contribution in [2.24, 2.45) is 0 Å². The molecule has 0 aliphatic heterocycles. The molecular formula is C10H13F. The number of aryl methyl sites for hydroxylation is 2. The predicted molar refractivity (Wildman–Crippen MR) is 45.1 cm³/mol. The van der Waals surface area contributed by atoms with Gasteiger partial charge in [0.05, 0.1) is 0 Å². The summed E-state index contributed by atoms with van der Waals surface area (Å²) >= 11 is 0. The molecule has 0 saturated heterocycles. The first-order valence-corrected chi connectivity index (χ1v) is 3.99. The van der Waals surface area contributed by atoms with Crippen molar-refractivity contribution in [3.8, 4) is 0 Å². The Labute approximate surface area is 67.1 Å². The Hall–Kier alpha value is -0.850. The third-order valence-corrected chi connectivity index (χ3v) is 1.82. The minimum atomic E-state index is -0.137. The molecule has 0 nitrogen and oxygen atoms in total. The van der Waals surface area contributed by atoms with E-state index in [2.05, 4.69) is 6.92 Å². The van der Waals surface area contributed by atoms with E-state index in [1.807, 2.05) is 13.0 Å². The normalized spacial score (nSPS) is 10.1. The molecule has 0 amide bonds. The van der Waals surface area contributed by atoms with Crippen molar-refractivity contribution in [1.82, 2.24) is 0 Å². The van der Waals surface area contributed by atoms with Crippen molar-refractivity contribution in [2.75, 3.05) is 0 Å². The van der Waals surface area contributed by atoms with E-state index in [0.717, 1.165) is 18.4 Å². The van der Waals surface area contributed by atoms with E-state index in [1.165, 1.54) is 11.6 Å². The van der Waals surface area contributed by atoms with Gasteiger partial charge in [-0.1, -0.05) is 19.4 Å². The number of hydrogen-bond acceptors (Lipinski definition) is 0. The largest absolute Gasteiger partial charge is 0.207 e. The summed E-state index contributed by atoms with van der Waals surface area (Å²) in [4.78, 5) is 0. The Bertz CT molecular complexity index is 241. The monoisotopic (exact) mass is 152 g/mol. The third kappa shape index (κ3) is 2.04. The van der Waals surface area contributed by atoms with Crippen LogP contribution in [0, 0.1) is 12.7 Å². The molecule has 1 heteroatoms. The van der Waals surface area contributed by atoms with Gasteiger partial charge in [0.1, 0.15) is 5.82 Å². The van der Waals surface area contributed by atoms with Crippen LogP contribution in [0.4, 0.5) is 4.39 Å². The van der Waals surface area contributed by atoms with Gasteiger partial charge in [0.25, 0.3) is 0 Å². The van der Waals surface area contributed by atoms with Crippen LogP contribution in [-0.2, 0) is 6.42 Å². The Kier molecular flexibility index (Phi) is 2.64. The fraction of sp³-hybridized carbons (Fsp3) is 0.400. The summed E-state index contributed by atoms with van der Waals surface area (Å²) in [6, 6.07) is 4.98. The Balaban J connectivity index is 2.90. The third-order valence-electron chi connectivity index (χ3n) is 1.82. The fourth-order valence-electron chi connectivity index (χ4n) is 1.21. The highest BCUT2D eigenvalue weighted by molar-refractivity contribution is 5.26. The molecular weight excluding hydrogens is 139 g/mol. The molecule has 0 fully saturated rings. The van der Waals surface area contributed by atoms with E-state index in [0.29, 0.717) is 0 Å². The average Bonchev–Trinajstić information content (AvgIpc) is 1.95. The maximum Gasteiger partial charge on any atom is 0.123 e. The molecule has 0 spiro atoms. The lowest BCUT2D eigenvalue weighted by Crippen LogP contribution is -1.88. The number of rotatable bonds is 2. The lowest BCUT2D eigenvalue weighted by molar-refractivity contribution is 0.625. The molecule has 0 radical (unpaired) electrons. The highest BCUT2D eigenvalue weighted by Gasteiger charge is 1.97. The molecule has 0 aliphatic carbocycles. The maximum atomic E-state index is 12.6. The van der Waals surface area contributed by atoms with Crippen LogP contribution in [0.15, 0.2) is 18.2 Å². The van der Waals surface area contributed by atoms with E-state index in [-0.39, 0.29) is 5.82 Å². The summed E-state index contributed by atoms with van der Waals surface area (Å²) in [5, 5.41) is 0. The zero-order chi connectivity index (χ0) is 8.27. The van der Waals surface area contributed by atoms with E-state index in [4.69, 9.17) is 0 Å². The molecule has 0 N–H and O–H groups in total. The van der Waals surface area contributed by atoms with Gasteiger partial charge in [-0.3, -0.25) is 0 Å². The van der Waals surface area contributed by atoms with E-state index < -0.39 is 0 Å². The van der Waals surface area contributed by atoms with Crippen LogP contribution in [0.2, 0.25) is 0 Å². The average molecular weight is 152 g/mol. The number of benzene rings is 1. The molecule has 1 rings (SSSR count). The minimum absolute atomic E-state index is 0.137. The van der Waals surface area contributed by atoms with Gasteiger partial charge < -0.3 is 0 Å². The molecule has 0 saturated carbocycles. The van der Waals surface area contributed by atoms with Crippen LogP contribution in [-0.4, -0.2) is 0 Å². The number of hydrogen-bond donors (Lipinski definition) is 0. The molecule has 0 atom stereocenters. The maximum absolute atomic E-state index is 12.6. The zero-order valence-corrected chi connectivity index (χ0v) is 7.02. The summed E-state index contributed by atoms with van der Waals surface area (Å²) in [6.07, 6.45) is 2.17. The molecule has 0 heterocycles. The SMILES string of the molecule is CCCc1ccc(F)cc1C. The van der Waals surface area contributed by atoms with E-state index in [9.17, 15) is 4.39 Å². The second kappa shape index (κ2) is 3.51. The van der Waals surface area contributed by atoms with Gasteiger partial charge in [-0.2, -0.15) is 0 Å². The second-order valence-corrected chi connectivity index (χ2v) is 2.82. The molecule has 0 aromatic heterocycles. The first kappa shape index (κ1) is 8.25. The van der Waals surface area contributed by atoms with Crippen LogP contribution >= 0.6 is 0 Å². The fourth-order valence-corrected chi connectivity index (χ4v) is 1.21. The first-order chi connectivity index (χ1) is 5.24. The lowest BCUT2D eigenvalue weighted by atomic mass is 10.0. The van der Waals surface area contributed by atoms with Crippen LogP contribution in [0.5, 0.6) is 0 Å². The number of halogens is 1. The smallest absolute Gasteiger partial charge is 0.123 e. The molecule has 60 valence electrons. The van der Waals surface area contributed by atoms with Gasteiger partial charge in [0.2, 0.25) is 0 Å². The lowest BCUT2D eigenvalue weighted by Gasteiger charge is -2.02. The van der Waals surface area contributed by atoms with Gasteiger partial charge in [0, 0.05) is 0 Å². The van der Waals surface area contributed by atoms with Gasteiger partial charge in [-0.25, -0.2) is 4.39 Å². The molecule has 0 bridgehead atoms. The standard InChI is InChI=1S/C10H13F/c1-3-4-9-5-6-10(11)7-8(9)2/h5-7H,3-4H2,1-2H3. The van der Waals surface area contributed by atoms with Crippen LogP contribution < -0.4 is 0 Å². The molecule has 0 aliphatic rings. The Morgan fingerprint density at radius 1 is 1.36 bits per heavy atom. The molecule has 1 aromatic rings. The topological polar surface area (TPSA) is 0 Å². The second-order valence-electron chi connectivity index (χ2n) is 2.82. The Morgan fingerprint density at radius 3 is 2.64 bits per heavy atom. The van der Waals surface area contributed by atoms with Gasteiger partial charge in [-0.05, 0) is 36.6 Å². The summed E-state index contributed by atoms with van der Waals surface area (Å²) in [5.41, 5.74) is 2.32. The van der Waals surface area contributed by atoms with Crippen molar-refractivity contribution in [2.45, 2.75) is 26.7 Å². The zero-order valence-electron chi connectivity index (χ0n) is 7.02. The van der Waals surface area contributed by atoms with Gasteiger partial charge >= 0.3 is 0 Å². The molecule has 0 unspecified atom stereocenters. The minimum Gasteiger partial charge on any atom is -0.207 e. The van der Waals surface area contributed by atoms with Gasteiger partial charge in [0.15, 0.2) is 0 Å². The first-order valence-electron chi connectivity index (χ1n) is 3.99. The van der Waals surface area contributed by atoms with Crippen LogP contribution in [0.1, 0.15) is 24.5 Å². The highest BCUT2D eigenvalue weighted by atomic mass is 19.1. The van der Waals surface area contributed by atoms with Crippen LogP contribution in [0.3, 0.4) is 0 Å². The molecule has 1 aromatic carbocycles. The Morgan fingerprint density at radius 2 is 2.09 bits per heavy atom. The van der Waals surface area contributed by atoms with Gasteiger partial charge in [-0.15, -0.1) is 0 Å². The summed E-state index contributed by atoms with van der Waals surface area (Å²) in [5.74, 6) is -0.137. The van der Waals surface area contributed by atoms with Crippen molar-refractivity contribution >= 4 is 0 Å². The van der Waals surface area contributed by atoms with Crippen molar-refractivity contribution in [1.29, 1.82) is 0 Å². The highest BCUT2D eigenvalue weighted by Crippen LogP contribution is 2.11. The van der Waals surface area contributed by atoms with E-state index in [1.54, 1.807) is 6.07 Å². The quantitative estimate of drug-likeness (QED) is 0.611. The molecule has 11 heavy (non-hydrogen) atoms. The van der Waals surface area contributed by atoms with Crippen molar-refractivity contribution < 1.29 is 4.39 Å². The summed E-state index contributed by atoms with van der Waals surface area (Å²) in [7, 11) is 0. The predicted octanol–water partition coefficient (Wildman–Crippen LogP) is 3.09. The van der Waals surface area contributed by atoms with Crippen molar-refractivity contribution in [3.63, 3.8) is 0 Å². The van der Waals surface area contributed by atoms with Crippen LogP contribution in [0.25, 0.3) is 0 Å².